The molecule has 0 aliphatic carbocycles. The molecule has 0 bridgehead atoms. The van der Waals surface area contributed by atoms with E-state index >= 15 is 0 Å². The zero-order valence-corrected chi connectivity index (χ0v) is 16.2. The molecule has 1 amide bonds. The lowest BCUT2D eigenvalue weighted by atomic mass is 10.1. The summed E-state index contributed by atoms with van der Waals surface area (Å²) in [6, 6.07) is 14.8. The summed E-state index contributed by atoms with van der Waals surface area (Å²) in [7, 11) is 1.59. The SMILES string of the molecule is COc1ccc(C(=O)N=C2N=C3C=CC(Br)=CN3Cc3ccccc32)cc1. The Bertz CT molecular complexity index is 1020. The van der Waals surface area contributed by atoms with Gasteiger partial charge in [0.15, 0.2) is 5.84 Å². The number of nitrogens with zero attached hydrogens (tertiary/aromatic N) is 3. The molecule has 0 aromatic heterocycles. The number of rotatable bonds is 2. The van der Waals surface area contributed by atoms with E-state index in [0.29, 0.717) is 23.7 Å². The van der Waals surface area contributed by atoms with Gasteiger partial charge in [-0.25, -0.2) is 4.99 Å². The van der Waals surface area contributed by atoms with Crippen molar-refractivity contribution in [2.45, 2.75) is 6.54 Å². The number of hydrogen-bond acceptors (Lipinski definition) is 3. The number of methoxy groups -OCH3 is 1. The maximum absolute atomic E-state index is 12.7. The largest absolute Gasteiger partial charge is 0.497 e. The molecule has 0 fully saturated rings. The van der Waals surface area contributed by atoms with Crippen molar-refractivity contribution in [2.75, 3.05) is 7.11 Å². The Morgan fingerprint density at radius 3 is 2.70 bits per heavy atom. The lowest BCUT2D eigenvalue weighted by Crippen LogP contribution is -2.24. The van der Waals surface area contributed by atoms with Gasteiger partial charge in [0.05, 0.1) is 7.11 Å². The highest BCUT2D eigenvalue weighted by Crippen LogP contribution is 2.24. The number of amidine groups is 2. The normalized spacial score (nSPS) is 16.8. The van der Waals surface area contributed by atoms with Crippen molar-refractivity contribution in [1.82, 2.24) is 4.90 Å². The van der Waals surface area contributed by atoms with Crippen molar-refractivity contribution in [2.24, 2.45) is 9.98 Å². The number of carbonyl (C=O) groups excluding carboxylic acids is 1. The maximum Gasteiger partial charge on any atom is 0.279 e. The predicted octanol–water partition coefficient (Wildman–Crippen LogP) is 4.30. The van der Waals surface area contributed by atoms with E-state index in [1.807, 2.05) is 47.5 Å². The molecule has 0 radical (unpaired) electrons. The number of fused-ring (bicyclic) bond motifs is 2. The molecule has 2 aromatic carbocycles. The molecular weight excluding hydrogens is 406 g/mol. The Hall–Kier alpha value is -2.99. The van der Waals surface area contributed by atoms with Crippen LogP contribution in [-0.2, 0) is 6.54 Å². The van der Waals surface area contributed by atoms with Crippen molar-refractivity contribution in [3.8, 4) is 5.75 Å². The molecule has 0 unspecified atom stereocenters. The topological polar surface area (TPSA) is 54.3 Å². The molecule has 27 heavy (non-hydrogen) atoms. The van der Waals surface area contributed by atoms with Crippen LogP contribution in [0.25, 0.3) is 0 Å². The van der Waals surface area contributed by atoms with Crippen LogP contribution in [0, 0.1) is 0 Å². The second-order valence-electron chi connectivity index (χ2n) is 6.07. The van der Waals surface area contributed by atoms with Gasteiger partial charge in [0.1, 0.15) is 11.6 Å². The van der Waals surface area contributed by atoms with Gasteiger partial charge in [-0.15, -0.1) is 0 Å². The number of ether oxygens (including phenoxy) is 1. The lowest BCUT2D eigenvalue weighted by Gasteiger charge is -2.21. The van der Waals surface area contributed by atoms with Crippen LogP contribution in [0.3, 0.4) is 0 Å². The zero-order chi connectivity index (χ0) is 18.8. The van der Waals surface area contributed by atoms with Crippen molar-refractivity contribution >= 4 is 33.5 Å². The molecule has 4 rings (SSSR count). The molecule has 0 spiro atoms. The summed E-state index contributed by atoms with van der Waals surface area (Å²) in [6.45, 7) is 0.657. The summed E-state index contributed by atoms with van der Waals surface area (Å²) in [4.78, 5) is 23.7. The van der Waals surface area contributed by atoms with Crippen LogP contribution in [-0.4, -0.2) is 29.6 Å². The van der Waals surface area contributed by atoms with Crippen LogP contribution < -0.4 is 4.74 Å². The summed E-state index contributed by atoms with van der Waals surface area (Å²) in [6.07, 6.45) is 5.81. The smallest absolute Gasteiger partial charge is 0.279 e. The first-order chi connectivity index (χ1) is 13.1. The molecule has 0 saturated carbocycles. The molecule has 134 valence electrons. The average Bonchev–Trinajstić information content (AvgIpc) is 2.84. The quantitative estimate of drug-likeness (QED) is 0.725. The van der Waals surface area contributed by atoms with Crippen LogP contribution in [0.5, 0.6) is 5.75 Å². The minimum absolute atomic E-state index is 0.336. The number of hydrogen-bond donors (Lipinski definition) is 0. The molecule has 6 heteroatoms. The molecule has 5 nitrogen and oxygen atoms in total. The summed E-state index contributed by atoms with van der Waals surface area (Å²) >= 11 is 3.50. The van der Waals surface area contributed by atoms with Gasteiger partial charge in [0.2, 0.25) is 0 Å². The van der Waals surface area contributed by atoms with E-state index in [0.717, 1.165) is 21.4 Å². The van der Waals surface area contributed by atoms with Crippen molar-refractivity contribution in [3.05, 3.63) is 88.1 Å². The highest BCUT2D eigenvalue weighted by atomic mass is 79.9. The first-order valence-corrected chi connectivity index (χ1v) is 9.19. The molecule has 2 aromatic rings. The first-order valence-electron chi connectivity index (χ1n) is 8.40. The van der Waals surface area contributed by atoms with Gasteiger partial charge >= 0.3 is 0 Å². The van der Waals surface area contributed by atoms with Crippen LogP contribution in [0.2, 0.25) is 0 Å². The van der Waals surface area contributed by atoms with E-state index in [4.69, 9.17) is 4.74 Å². The van der Waals surface area contributed by atoms with Crippen LogP contribution in [0.15, 0.2) is 81.4 Å². The molecular formula is C21H16BrN3O2. The van der Waals surface area contributed by atoms with Gasteiger partial charge in [-0.1, -0.05) is 24.3 Å². The van der Waals surface area contributed by atoms with E-state index in [9.17, 15) is 4.79 Å². The van der Waals surface area contributed by atoms with E-state index in [1.54, 1.807) is 31.4 Å². The third kappa shape index (κ3) is 3.61. The Morgan fingerprint density at radius 2 is 1.93 bits per heavy atom. The van der Waals surface area contributed by atoms with Gasteiger partial charge in [-0.2, -0.15) is 4.99 Å². The van der Waals surface area contributed by atoms with E-state index in [2.05, 4.69) is 25.9 Å². The Balaban J connectivity index is 1.77. The highest BCUT2D eigenvalue weighted by Gasteiger charge is 2.21. The molecule has 2 heterocycles. The number of aliphatic imine (C=N–C) groups is 2. The summed E-state index contributed by atoms with van der Waals surface area (Å²) in [5, 5.41) is 0. The first kappa shape index (κ1) is 17.4. The second-order valence-corrected chi connectivity index (χ2v) is 6.99. The fourth-order valence-corrected chi connectivity index (χ4v) is 3.32. The van der Waals surface area contributed by atoms with E-state index < -0.39 is 0 Å². The average molecular weight is 422 g/mol. The summed E-state index contributed by atoms with van der Waals surface area (Å²) < 4.78 is 6.10. The molecule has 2 aliphatic rings. The van der Waals surface area contributed by atoms with Gasteiger partial charge < -0.3 is 9.64 Å². The predicted molar refractivity (Wildman–Crippen MR) is 109 cm³/mol. The van der Waals surface area contributed by atoms with Crippen LogP contribution in [0.1, 0.15) is 21.5 Å². The lowest BCUT2D eigenvalue weighted by molar-refractivity contribution is 0.100. The molecule has 2 aliphatic heterocycles. The van der Waals surface area contributed by atoms with Crippen molar-refractivity contribution in [1.29, 1.82) is 0 Å². The Labute approximate surface area is 165 Å². The minimum atomic E-state index is -0.336. The van der Waals surface area contributed by atoms with Gasteiger partial charge in [-0.3, -0.25) is 4.79 Å². The van der Waals surface area contributed by atoms with Crippen molar-refractivity contribution in [3.63, 3.8) is 0 Å². The fourth-order valence-electron chi connectivity index (χ4n) is 2.94. The highest BCUT2D eigenvalue weighted by molar-refractivity contribution is 9.11. The fraction of sp³-hybridized carbons (Fsp3) is 0.0952. The Morgan fingerprint density at radius 1 is 1.15 bits per heavy atom. The molecule has 0 saturated heterocycles. The third-order valence-corrected chi connectivity index (χ3v) is 4.80. The number of carbonyl (C=O) groups is 1. The maximum atomic E-state index is 12.7. The number of benzene rings is 2. The standard InChI is InChI=1S/C21H16BrN3O2/c1-27-17-9-6-14(7-10-17)21(26)24-20-18-5-3-2-4-15(18)12-25-13-16(22)8-11-19(25)23-20/h2-11,13H,12H2,1H3. The Kier molecular flexibility index (Phi) is 4.73. The monoisotopic (exact) mass is 421 g/mol. The van der Waals surface area contributed by atoms with Gasteiger partial charge in [0, 0.05) is 28.4 Å². The zero-order valence-electron chi connectivity index (χ0n) is 14.6. The van der Waals surface area contributed by atoms with Gasteiger partial charge in [-0.05, 0) is 57.9 Å². The van der Waals surface area contributed by atoms with E-state index in [1.165, 1.54) is 0 Å². The van der Waals surface area contributed by atoms with E-state index in [-0.39, 0.29) is 5.91 Å². The number of halogens is 1. The number of allylic oxidation sites excluding steroid dienone is 2. The second kappa shape index (κ2) is 7.32. The van der Waals surface area contributed by atoms with Crippen molar-refractivity contribution < 1.29 is 9.53 Å². The molecule has 0 atom stereocenters. The minimum Gasteiger partial charge on any atom is -0.497 e. The third-order valence-electron chi connectivity index (χ3n) is 4.33. The van der Waals surface area contributed by atoms with Crippen LogP contribution in [0.4, 0.5) is 0 Å². The van der Waals surface area contributed by atoms with Gasteiger partial charge in [0.25, 0.3) is 5.91 Å². The molecule has 0 N–H and O–H groups in total. The summed E-state index contributed by atoms with van der Waals surface area (Å²) in [5.74, 6) is 1.52. The van der Waals surface area contributed by atoms with Crippen LogP contribution >= 0.6 is 15.9 Å². The number of amides is 1. The summed E-state index contributed by atoms with van der Waals surface area (Å²) in [5.41, 5.74) is 2.41.